The quantitative estimate of drug-likeness (QED) is 0.324. The van der Waals surface area contributed by atoms with Gasteiger partial charge in [-0.1, -0.05) is 32.9 Å². The highest BCUT2D eigenvalue weighted by atomic mass is 32.2. The van der Waals surface area contributed by atoms with Gasteiger partial charge in [0, 0.05) is 11.1 Å². The molecule has 1 aromatic carbocycles. The molecule has 1 rings (SSSR count). The first-order chi connectivity index (χ1) is 11.2. The molecule has 138 valence electrons. The second-order valence-electron chi connectivity index (χ2n) is 5.52. The van der Waals surface area contributed by atoms with E-state index in [0.29, 0.717) is 16.9 Å². The fraction of sp³-hybridized carbons (Fsp3) is 0.625. The second-order valence-corrected chi connectivity index (χ2v) is 11.1. The van der Waals surface area contributed by atoms with Crippen LogP contribution in [0, 0.1) is 0 Å². The van der Waals surface area contributed by atoms with Crippen molar-refractivity contribution in [1.29, 1.82) is 0 Å². The van der Waals surface area contributed by atoms with Crippen LogP contribution in [0.4, 0.5) is 0 Å². The molecule has 1 unspecified atom stereocenters. The van der Waals surface area contributed by atoms with Gasteiger partial charge in [0.05, 0.1) is 6.10 Å². The lowest BCUT2D eigenvalue weighted by atomic mass is 10.2. The Labute approximate surface area is 150 Å². The minimum Gasteiger partial charge on any atom is -0.324 e. The summed E-state index contributed by atoms with van der Waals surface area (Å²) in [5.74, 6) is 0.750. The molecule has 5 nitrogen and oxygen atoms in total. The van der Waals surface area contributed by atoms with Gasteiger partial charge in [0.1, 0.15) is 11.2 Å². The molecule has 0 radical (unpaired) electrons. The molecule has 0 aliphatic heterocycles. The second kappa shape index (κ2) is 9.39. The summed E-state index contributed by atoms with van der Waals surface area (Å²) in [6.07, 6.45) is 0.116. The highest BCUT2D eigenvalue weighted by Gasteiger charge is 2.29. The van der Waals surface area contributed by atoms with Gasteiger partial charge in [0.2, 0.25) is 7.37 Å². The number of hydrogen-bond acceptors (Lipinski definition) is 6. The molecule has 0 amide bonds. The van der Waals surface area contributed by atoms with Crippen LogP contribution in [0.2, 0.25) is 0 Å². The number of aryl methyl sites for hydroxylation is 1. The first-order valence-corrected chi connectivity index (χ1v) is 12.5. The van der Waals surface area contributed by atoms with Gasteiger partial charge in [-0.25, -0.2) is 0 Å². The fourth-order valence-electron chi connectivity index (χ4n) is 2.18. The molecule has 1 aromatic rings. The van der Waals surface area contributed by atoms with E-state index in [4.69, 9.17) is 8.71 Å². The maximum absolute atomic E-state index is 12.7. The molecule has 0 heterocycles. The SMILES string of the molecule is CCSc1cccc(CC)c1S(=O)(=O)OCP(=O)(CC)OC(C)C. The maximum atomic E-state index is 12.7. The Kier molecular flexibility index (Phi) is 8.50. The van der Waals surface area contributed by atoms with E-state index in [2.05, 4.69) is 0 Å². The van der Waals surface area contributed by atoms with Crippen molar-refractivity contribution < 1.29 is 21.7 Å². The van der Waals surface area contributed by atoms with Crippen molar-refractivity contribution in [2.24, 2.45) is 0 Å². The minimum atomic E-state index is -4.01. The third-order valence-corrected chi connectivity index (χ3v) is 8.23. The van der Waals surface area contributed by atoms with Gasteiger partial charge in [0.15, 0.2) is 0 Å². The molecule has 24 heavy (non-hydrogen) atoms. The predicted molar refractivity (Wildman–Crippen MR) is 99.7 cm³/mol. The van der Waals surface area contributed by atoms with Crippen molar-refractivity contribution in [1.82, 2.24) is 0 Å². The van der Waals surface area contributed by atoms with Crippen molar-refractivity contribution in [3.63, 3.8) is 0 Å². The van der Waals surface area contributed by atoms with Crippen LogP contribution in [0.3, 0.4) is 0 Å². The lowest BCUT2D eigenvalue weighted by Gasteiger charge is -2.20. The third kappa shape index (κ3) is 5.88. The Morgan fingerprint density at radius 1 is 1.21 bits per heavy atom. The van der Waals surface area contributed by atoms with Crippen LogP contribution in [0.15, 0.2) is 28.0 Å². The molecule has 0 aromatic heterocycles. The van der Waals surface area contributed by atoms with Crippen molar-refractivity contribution in [3.8, 4) is 0 Å². The Balaban J connectivity index is 3.15. The standard InChI is InChI=1S/C16H27O5PS2/c1-6-14-10-9-11-15(23-8-3)16(14)24(18,19)20-12-22(17,7-2)21-13(4)5/h9-11,13H,6-8,12H2,1-5H3. The van der Waals surface area contributed by atoms with Gasteiger partial charge in [-0.05, 0) is 37.7 Å². The highest BCUT2D eigenvalue weighted by Crippen LogP contribution is 2.48. The van der Waals surface area contributed by atoms with Crippen molar-refractivity contribution in [2.45, 2.75) is 56.9 Å². The normalized spacial score (nSPS) is 14.8. The summed E-state index contributed by atoms with van der Waals surface area (Å²) in [5, 5.41) is 0. The summed E-state index contributed by atoms with van der Waals surface area (Å²) in [4.78, 5) is 0.847. The molecular weight excluding hydrogens is 367 g/mol. The lowest BCUT2D eigenvalue weighted by molar-refractivity contribution is 0.228. The molecule has 0 saturated heterocycles. The van der Waals surface area contributed by atoms with Crippen LogP contribution < -0.4 is 0 Å². The monoisotopic (exact) mass is 394 g/mol. The molecule has 8 heteroatoms. The average Bonchev–Trinajstić information content (AvgIpc) is 2.52. The van der Waals surface area contributed by atoms with Crippen molar-refractivity contribution in [3.05, 3.63) is 23.8 Å². The van der Waals surface area contributed by atoms with E-state index < -0.39 is 23.8 Å². The summed E-state index contributed by atoms with van der Waals surface area (Å²) < 4.78 is 48.7. The number of benzene rings is 1. The number of hydrogen-bond donors (Lipinski definition) is 0. The van der Waals surface area contributed by atoms with E-state index in [1.807, 2.05) is 19.9 Å². The Morgan fingerprint density at radius 2 is 1.88 bits per heavy atom. The van der Waals surface area contributed by atoms with Crippen LogP contribution in [0.25, 0.3) is 0 Å². The average molecular weight is 394 g/mol. The van der Waals surface area contributed by atoms with Crippen LogP contribution in [0.1, 0.15) is 40.2 Å². The molecule has 0 saturated carbocycles. The molecule has 0 spiro atoms. The topological polar surface area (TPSA) is 69.7 Å². The highest BCUT2D eigenvalue weighted by molar-refractivity contribution is 8.00. The molecular formula is C16H27O5PS2. The van der Waals surface area contributed by atoms with E-state index in [1.54, 1.807) is 32.9 Å². The molecule has 1 atom stereocenters. The summed E-state index contributed by atoms with van der Waals surface area (Å²) >= 11 is 1.45. The summed E-state index contributed by atoms with van der Waals surface area (Å²) in [6, 6.07) is 5.39. The van der Waals surface area contributed by atoms with Gasteiger partial charge in [-0.15, -0.1) is 11.8 Å². The van der Waals surface area contributed by atoms with Crippen molar-refractivity contribution >= 4 is 29.2 Å². The molecule has 0 bridgehead atoms. The molecule has 0 fully saturated rings. The van der Waals surface area contributed by atoms with E-state index >= 15 is 0 Å². The third-order valence-electron chi connectivity index (χ3n) is 3.28. The zero-order valence-corrected chi connectivity index (χ0v) is 17.5. The van der Waals surface area contributed by atoms with E-state index in [-0.39, 0.29) is 17.2 Å². The number of thioether (sulfide) groups is 1. The van der Waals surface area contributed by atoms with Gasteiger partial charge in [0.25, 0.3) is 10.1 Å². The molecule has 0 aliphatic rings. The predicted octanol–water partition coefficient (Wildman–Crippen LogP) is 4.75. The van der Waals surface area contributed by atoms with Crippen LogP contribution in [-0.4, -0.2) is 32.8 Å². The summed E-state index contributed by atoms with van der Waals surface area (Å²) in [7, 11) is -7.14. The van der Waals surface area contributed by atoms with E-state index in [0.717, 1.165) is 5.75 Å². The molecule has 0 N–H and O–H groups in total. The first-order valence-electron chi connectivity index (χ1n) is 8.09. The smallest absolute Gasteiger partial charge is 0.298 e. The summed E-state index contributed by atoms with van der Waals surface area (Å²) in [5.41, 5.74) is 0.699. The zero-order valence-electron chi connectivity index (χ0n) is 14.9. The van der Waals surface area contributed by atoms with E-state index in [1.165, 1.54) is 11.8 Å². The largest absolute Gasteiger partial charge is 0.324 e. The fourth-order valence-corrected chi connectivity index (χ4v) is 6.74. The van der Waals surface area contributed by atoms with Crippen LogP contribution in [-0.2, 0) is 29.8 Å². The van der Waals surface area contributed by atoms with E-state index in [9.17, 15) is 13.0 Å². The number of rotatable bonds is 10. The Hall–Kier alpha value is -0.330. The van der Waals surface area contributed by atoms with Crippen LogP contribution >= 0.6 is 19.1 Å². The van der Waals surface area contributed by atoms with Gasteiger partial charge in [-0.3, -0.25) is 8.75 Å². The Morgan fingerprint density at radius 3 is 2.38 bits per heavy atom. The maximum Gasteiger partial charge on any atom is 0.298 e. The van der Waals surface area contributed by atoms with Gasteiger partial charge >= 0.3 is 0 Å². The minimum absolute atomic E-state index is 0.187. The van der Waals surface area contributed by atoms with Gasteiger partial charge < -0.3 is 4.52 Å². The van der Waals surface area contributed by atoms with Crippen molar-refractivity contribution in [2.75, 3.05) is 18.3 Å². The summed E-state index contributed by atoms with van der Waals surface area (Å²) in [6.45, 7) is 9.09. The lowest BCUT2D eigenvalue weighted by Crippen LogP contribution is -2.14. The zero-order chi connectivity index (χ0) is 18.4. The van der Waals surface area contributed by atoms with Gasteiger partial charge in [-0.2, -0.15) is 8.42 Å². The Bertz CT molecular complexity index is 686. The molecule has 0 aliphatic carbocycles. The first kappa shape index (κ1) is 21.7. The van der Waals surface area contributed by atoms with Crippen LogP contribution in [0.5, 0.6) is 0 Å².